The van der Waals surface area contributed by atoms with Gasteiger partial charge in [-0.15, -0.1) is 11.3 Å². The van der Waals surface area contributed by atoms with Crippen LogP contribution < -0.4 is 10.6 Å². The van der Waals surface area contributed by atoms with Gasteiger partial charge in [-0.1, -0.05) is 12.1 Å². The first kappa shape index (κ1) is 17.6. The molecule has 1 aromatic carbocycles. The third-order valence-electron chi connectivity index (χ3n) is 3.75. The van der Waals surface area contributed by atoms with Crippen molar-refractivity contribution >= 4 is 28.8 Å². The number of hydrogen-bond acceptors (Lipinski definition) is 5. The molecule has 1 saturated carbocycles. The lowest BCUT2D eigenvalue weighted by molar-refractivity contribution is -0.120. The van der Waals surface area contributed by atoms with Crippen LogP contribution in [-0.4, -0.2) is 41.8 Å². The predicted octanol–water partition coefficient (Wildman–Crippen LogP) is 2.28. The molecule has 132 valence electrons. The number of benzene rings is 1. The maximum Gasteiger partial charge on any atom is 0.275 e. The molecule has 0 spiro atoms. The van der Waals surface area contributed by atoms with Gasteiger partial charge in [-0.2, -0.15) is 0 Å². The zero-order valence-corrected chi connectivity index (χ0v) is 15.2. The van der Waals surface area contributed by atoms with Gasteiger partial charge in [0.25, 0.3) is 5.91 Å². The number of nitrogens with one attached hydrogen (secondary N) is 2. The van der Waals surface area contributed by atoms with Crippen molar-refractivity contribution < 1.29 is 9.59 Å². The summed E-state index contributed by atoms with van der Waals surface area (Å²) in [6.45, 7) is 0.718. The molecule has 2 aromatic rings. The quantitative estimate of drug-likeness (QED) is 0.796. The van der Waals surface area contributed by atoms with Crippen molar-refractivity contribution in [2.45, 2.75) is 31.8 Å². The van der Waals surface area contributed by atoms with Gasteiger partial charge in [0.1, 0.15) is 10.7 Å². The summed E-state index contributed by atoms with van der Waals surface area (Å²) in [5, 5.41) is 8.48. The van der Waals surface area contributed by atoms with E-state index in [-0.39, 0.29) is 11.8 Å². The highest BCUT2D eigenvalue weighted by molar-refractivity contribution is 7.09. The van der Waals surface area contributed by atoms with Gasteiger partial charge in [-0.05, 0) is 44.6 Å². The van der Waals surface area contributed by atoms with Gasteiger partial charge < -0.3 is 15.5 Å². The summed E-state index contributed by atoms with van der Waals surface area (Å²) in [6, 6.07) is 7.72. The van der Waals surface area contributed by atoms with Crippen LogP contribution in [0, 0.1) is 0 Å². The Morgan fingerprint density at radius 2 is 1.96 bits per heavy atom. The average Bonchev–Trinajstić information content (AvgIpc) is 3.24. The summed E-state index contributed by atoms with van der Waals surface area (Å²) in [5.74, 6) is -0.171. The molecule has 1 fully saturated rings. The van der Waals surface area contributed by atoms with Crippen molar-refractivity contribution in [3.8, 4) is 0 Å². The molecule has 0 radical (unpaired) electrons. The Morgan fingerprint density at radius 1 is 1.24 bits per heavy atom. The van der Waals surface area contributed by atoms with Gasteiger partial charge in [0, 0.05) is 23.7 Å². The Hall–Kier alpha value is -2.25. The van der Waals surface area contributed by atoms with Crippen LogP contribution in [0.15, 0.2) is 29.6 Å². The van der Waals surface area contributed by atoms with Gasteiger partial charge in [0.05, 0.1) is 6.42 Å². The molecular formula is C18H22N4O2S. The van der Waals surface area contributed by atoms with E-state index in [0.717, 1.165) is 30.0 Å². The summed E-state index contributed by atoms with van der Waals surface area (Å²) in [4.78, 5) is 30.4. The maximum absolute atomic E-state index is 12.3. The molecule has 0 aliphatic heterocycles. The van der Waals surface area contributed by atoms with E-state index in [1.54, 1.807) is 5.38 Å². The second-order valence-electron chi connectivity index (χ2n) is 6.53. The first-order valence-corrected chi connectivity index (χ1v) is 9.16. The van der Waals surface area contributed by atoms with E-state index in [4.69, 9.17) is 0 Å². The predicted molar refractivity (Wildman–Crippen MR) is 98.8 cm³/mol. The van der Waals surface area contributed by atoms with E-state index >= 15 is 0 Å². The number of carbonyl (C=O) groups excluding carboxylic acids is 2. The molecular weight excluding hydrogens is 336 g/mol. The Kier molecular flexibility index (Phi) is 5.45. The minimum absolute atomic E-state index is 0.0511. The molecule has 3 rings (SSSR count). The highest BCUT2D eigenvalue weighted by atomic mass is 32.1. The smallest absolute Gasteiger partial charge is 0.275 e. The summed E-state index contributed by atoms with van der Waals surface area (Å²) < 4.78 is 0. The molecule has 2 N–H and O–H groups in total. The van der Waals surface area contributed by atoms with Crippen LogP contribution in [0.1, 0.15) is 33.9 Å². The standard InChI is InChI=1S/C18H22N4O2S/c1-22(2)10-17-21-15(11-25-17)18(24)20-14-5-3-12(4-6-14)9-16(23)19-13-7-8-13/h3-6,11,13H,7-10H2,1-2H3,(H,19,23)(H,20,24). The normalized spacial score (nSPS) is 13.7. The maximum atomic E-state index is 12.3. The first-order valence-electron chi connectivity index (χ1n) is 8.28. The van der Waals surface area contributed by atoms with E-state index in [1.807, 2.05) is 43.3 Å². The summed E-state index contributed by atoms with van der Waals surface area (Å²) >= 11 is 1.48. The lowest BCUT2D eigenvalue weighted by Crippen LogP contribution is -2.26. The molecule has 7 heteroatoms. The fraction of sp³-hybridized carbons (Fsp3) is 0.389. The number of carbonyl (C=O) groups is 2. The summed E-state index contributed by atoms with van der Waals surface area (Å²) in [5.41, 5.74) is 2.05. The number of rotatable bonds is 7. The molecule has 0 atom stereocenters. The number of nitrogens with zero attached hydrogens (tertiary/aromatic N) is 2. The average molecular weight is 358 g/mol. The molecule has 0 saturated heterocycles. The van der Waals surface area contributed by atoms with Crippen LogP contribution in [0.2, 0.25) is 0 Å². The zero-order chi connectivity index (χ0) is 17.8. The highest BCUT2D eigenvalue weighted by Crippen LogP contribution is 2.19. The number of amides is 2. The minimum atomic E-state index is -0.222. The molecule has 0 unspecified atom stereocenters. The van der Waals surface area contributed by atoms with E-state index in [2.05, 4.69) is 15.6 Å². The summed E-state index contributed by atoms with van der Waals surface area (Å²) in [6.07, 6.45) is 2.54. The number of thiazole rings is 1. The lowest BCUT2D eigenvalue weighted by Gasteiger charge is -2.06. The van der Waals surface area contributed by atoms with E-state index in [0.29, 0.717) is 23.8 Å². The monoisotopic (exact) mass is 358 g/mol. The molecule has 1 heterocycles. The van der Waals surface area contributed by atoms with Crippen molar-refractivity contribution in [1.82, 2.24) is 15.2 Å². The third-order valence-corrected chi connectivity index (χ3v) is 4.59. The molecule has 1 aliphatic rings. The lowest BCUT2D eigenvalue weighted by atomic mass is 10.1. The third kappa shape index (κ3) is 5.37. The van der Waals surface area contributed by atoms with Crippen LogP contribution in [0.3, 0.4) is 0 Å². The van der Waals surface area contributed by atoms with E-state index in [9.17, 15) is 9.59 Å². The SMILES string of the molecule is CN(C)Cc1nc(C(=O)Nc2ccc(CC(=O)NC3CC3)cc2)cs1. The molecule has 1 aliphatic carbocycles. The van der Waals surface area contributed by atoms with Crippen LogP contribution in [0.4, 0.5) is 5.69 Å². The zero-order valence-electron chi connectivity index (χ0n) is 14.4. The second-order valence-corrected chi connectivity index (χ2v) is 7.48. The van der Waals surface area contributed by atoms with Crippen molar-refractivity contribution in [2.24, 2.45) is 0 Å². The van der Waals surface area contributed by atoms with Crippen molar-refractivity contribution in [3.63, 3.8) is 0 Å². The molecule has 2 amide bonds. The van der Waals surface area contributed by atoms with Gasteiger partial charge >= 0.3 is 0 Å². The Labute approximate surface area is 151 Å². The molecule has 25 heavy (non-hydrogen) atoms. The van der Waals surface area contributed by atoms with Crippen LogP contribution >= 0.6 is 11.3 Å². The van der Waals surface area contributed by atoms with E-state index in [1.165, 1.54) is 11.3 Å². The Bertz CT molecular complexity index is 751. The van der Waals surface area contributed by atoms with Crippen molar-refractivity contribution in [1.29, 1.82) is 0 Å². The molecule has 1 aromatic heterocycles. The largest absolute Gasteiger partial charge is 0.353 e. The van der Waals surface area contributed by atoms with Gasteiger partial charge in [-0.3, -0.25) is 9.59 Å². The fourth-order valence-electron chi connectivity index (χ4n) is 2.35. The number of anilines is 1. The van der Waals surface area contributed by atoms with Crippen LogP contribution in [-0.2, 0) is 17.8 Å². The number of hydrogen-bond donors (Lipinski definition) is 2. The van der Waals surface area contributed by atoms with Gasteiger partial charge in [0.15, 0.2) is 0 Å². The van der Waals surface area contributed by atoms with Crippen molar-refractivity contribution in [2.75, 3.05) is 19.4 Å². The minimum Gasteiger partial charge on any atom is -0.353 e. The Morgan fingerprint density at radius 3 is 2.60 bits per heavy atom. The topological polar surface area (TPSA) is 74.3 Å². The molecule has 6 nitrogen and oxygen atoms in total. The first-order chi connectivity index (χ1) is 12.0. The number of aromatic nitrogens is 1. The fourth-order valence-corrected chi connectivity index (χ4v) is 3.24. The van der Waals surface area contributed by atoms with Gasteiger partial charge in [-0.25, -0.2) is 4.98 Å². The van der Waals surface area contributed by atoms with Gasteiger partial charge in [0.2, 0.25) is 5.91 Å². The van der Waals surface area contributed by atoms with E-state index < -0.39 is 0 Å². The van der Waals surface area contributed by atoms with Crippen molar-refractivity contribution in [3.05, 3.63) is 45.9 Å². The Balaban J connectivity index is 1.54. The molecule has 0 bridgehead atoms. The highest BCUT2D eigenvalue weighted by Gasteiger charge is 2.23. The van der Waals surface area contributed by atoms with Crippen LogP contribution in [0.25, 0.3) is 0 Å². The van der Waals surface area contributed by atoms with Crippen LogP contribution in [0.5, 0.6) is 0 Å². The second kappa shape index (κ2) is 7.76. The summed E-state index contributed by atoms with van der Waals surface area (Å²) in [7, 11) is 3.93.